The fourth-order valence-corrected chi connectivity index (χ4v) is 2.86. The Kier molecular flexibility index (Phi) is 4.81. The Bertz CT molecular complexity index is 572. The highest BCUT2D eigenvalue weighted by molar-refractivity contribution is 6.30. The average molecular weight is 296 g/mol. The van der Waals surface area contributed by atoms with Crippen molar-refractivity contribution in [2.45, 2.75) is 46.5 Å². The number of halogens is 1. The largest absolute Gasteiger partial charge is 0.356 e. The van der Waals surface area contributed by atoms with Gasteiger partial charge in [0.05, 0.1) is 0 Å². The van der Waals surface area contributed by atoms with E-state index in [1.165, 1.54) is 6.33 Å². The lowest BCUT2D eigenvalue weighted by Crippen LogP contribution is -2.29. The van der Waals surface area contributed by atoms with Gasteiger partial charge in [0.25, 0.3) is 5.78 Å². The Morgan fingerprint density at radius 2 is 1.90 bits per heavy atom. The van der Waals surface area contributed by atoms with Crippen molar-refractivity contribution in [3.63, 3.8) is 0 Å². The molecule has 2 rings (SSSR count). The molecule has 5 nitrogen and oxygen atoms in total. The topological polar surface area (TPSA) is 46.3 Å². The summed E-state index contributed by atoms with van der Waals surface area (Å²) in [5.41, 5.74) is 1.05. The highest BCUT2D eigenvalue weighted by atomic mass is 35.5. The zero-order valence-electron chi connectivity index (χ0n) is 12.6. The van der Waals surface area contributed by atoms with Gasteiger partial charge in [0.2, 0.25) is 0 Å². The molecule has 0 aliphatic carbocycles. The lowest BCUT2D eigenvalue weighted by atomic mass is 10.1. The van der Waals surface area contributed by atoms with Crippen LogP contribution >= 0.6 is 11.6 Å². The molecule has 0 bridgehead atoms. The van der Waals surface area contributed by atoms with E-state index in [-0.39, 0.29) is 5.92 Å². The summed E-state index contributed by atoms with van der Waals surface area (Å²) in [5, 5.41) is 4.87. The number of fused-ring (bicyclic) bond motifs is 1. The zero-order valence-corrected chi connectivity index (χ0v) is 13.4. The van der Waals surface area contributed by atoms with Gasteiger partial charge < -0.3 is 4.90 Å². The maximum atomic E-state index is 6.39. The van der Waals surface area contributed by atoms with Gasteiger partial charge in [-0.3, -0.25) is 0 Å². The quantitative estimate of drug-likeness (QED) is 0.765. The number of nitrogens with zero attached hydrogens (tertiary/aromatic N) is 5. The van der Waals surface area contributed by atoms with E-state index in [1.807, 2.05) is 4.52 Å². The molecule has 0 fully saturated rings. The van der Waals surface area contributed by atoms with E-state index in [0.717, 1.165) is 37.3 Å². The summed E-state index contributed by atoms with van der Waals surface area (Å²) in [6.07, 6.45) is 3.68. The molecule has 6 heteroatoms. The van der Waals surface area contributed by atoms with Gasteiger partial charge in [-0.15, -0.1) is 0 Å². The number of hydrogen-bond acceptors (Lipinski definition) is 4. The third-order valence-corrected chi connectivity index (χ3v) is 3.54. The predicted octanol–water partition coefficient (Wildman–Crippen LogP) is 3.53. The van der Waals surface area contributed by atoms with Crippen molar-refractivity contribution in [2.75, 3.05) is 18.0 Å². The number of rotatable bonds is 6. The Labute approximate surface area is 125 Å². The minimum Gasteiger partial charge on any atom is -0.356 e. The van der Waals surface area contributed by atoms with E-state index in [4.69, 9.17) is 11.6 Å². The SMILES string of the molecule is CCCN(CCC)c1c(C(C)C)c(Cl)nc2ncnn12. The Morgan fingerprint density at radius 1 is 1.25 bits per heavy atom. The smallest absolute Gasteiger partial charge is 0.255 e. The molecular formula is C14H22ClN5. The second-order valence-electron chi connectivity index (χ2n) is 5.25. The lowest BCUT2D eigenvalue weighted by molar-refractivity contribution is 0.698. The fraction of sp³-hybridized carbons (Fsp3) is 0.643. The van der Waals surface area contributed by atoms with Crippen LogP contribution in [0.1, 0.15) is 52.0 Å². The second-order valence-corrected chi connectivity index (χ2v) is 5.61. The van der Waals surface area contributed by atoms with Crippen LogP contribution in [0.2, 0.25) is 5.15 Å². The minimum atomic E-state index is 0.287. The van der Waals surface area contributed by atoms with Crippen LogP contribution in [-0.2, 0) is 0 Å². The van der Waals surface area contributed by atoms with E-state index in [9.17, 15) is 0 Å². The maximum Gasteiger partial charge on any atom is 0.255 e. The summed E-state index contributed by atoms with van der Waals surface area (Å²) in [4.78, 5) is 10.9. The van der Waals surface area contributed by atoms with Crippen molar-refractivity contribution in [1.29, 1.82) is 0 Å². The molecule has 110 valence electrons. The maximum absolute atomic E-state index is 6.39. The highest BCUT2D eigenvalue weighted by Gasteiger charge is 2.22. The summed E-state index contributed by atoms with van der Waals surface area (Å²) in [5.74, 6) is 1.89. The van der Waals surface area contributed by atoms with E-state index in [0.29, 0.717) is 10.9 Å². The van der Waals surface area contributed by atoms with Gasteiger partial charge in [0.15, 0.2) is 0 Å². The number of anilines is 1. The molecule has 2 heterocycles. The van der Waals surface area contributed by atoms with Crippen molar-refractivity contribution in [3.8, 4) is 0 Å². The summed E-state index contributed by atoms with van der Waals surface area (Å²) in [6.45, 7) is 10.6. The van der Waals surface area contributed by atoms with Crippen molar-refractivity contribution >= 4 is 23.2 Å². The van der Waals surface area contributed by atoms with Crippen molar-refractivity contribution < 1.29 is 0 Å². The van der Waals surface area contributed by atoms with Crippen LogP contribution in [0, 0.1) is 0 Å². The Morgan fingerprint density at radius 3 is 2.45 bits per heavy atom. The van der Waals surface area contributed by atoms with Crippen molar-refractivity contribution in [3.05, 3.63) is 17.0 Å². The average Bonchev–Trinajstić information content (AvgIpc) is 2.84. The normalized spacial score (nSPS) is 11.5. The van der Waals surface area contributed by atoms with E-state index < -0.39 is 0 Å². The van der Waals surface area contributed by atoms with Crippen molar-refractivity contribution in [2.24, 2.45) is 0 Å². The Balaban J connectivity index is 2.67. The Hall–Kier alpha value is -1.36. The molecule has 0 aliphatic heterocycles. The van der Waals surface area contributed by atoms with Crippen LogP contribution in [0.3, 0.4) is 0 Å². The van der Waals surface area contributed by atoms with Gasteiger partial charge in [-0.1, -0.05) is 39.3 Å². The van der Waals surface area contributed by atoms with Gasteiger partial charge in [0.1, 0.15) is 17.3 Å². The lowest BCUT2D eigenvalue weighted by Gasteiger charge is -2.27. The molecule has 0 unspecified atom stereocenters. The first-order valence-electron chi connectivity index (χ1n) is 7.24. The molecule has 0 saturated heterocycles. The minimum absolute atomic E-state index is 0.287. The predicted molar refractivity (Wildman–Crippen MR) is 82.7 cm³/mol. The molecule has 0 amide bonds. The van der Waals surface area contributed by atoms with E-state index in [2.05, 4.69) is 47.7 Å². The fourth-order valence-electron chi connectivity index (χ4n) is 2.48. The molecule has 0 radical (unpaired) electrons. The number of aromatic nitrogens is 4. The standard InChI is InChI=1S/C14H22ClN5/c1-5-7-19(8-6-2)13-11(10(3)4)12(15)18-14-16-9-17-20(13)14/h9-10H,5-8H2,1-4H3. The van der Waals surface area contributed by atoms with Gasteiger partial charge in [-0.05, 0) is 18.8 Å². The molecule has 0 aliphatic rings. The monoisotopic (exact) mass is 295 g/mol. The molecular weight excluding hydrogens is 274 g/mol. The first kappa shape index (κ1) is 15.0. The van der Waals surface area contributed by atoms with E-state index in [1.54, 1.807) is 0 Å². The van der Waals surface area contributed by atoms with Crippen LogP contribution < -0.4 is 4.90 Å². The van der Waals surface area contributed by atoms with Crippen LogP contribution in [0.25, 0.3) is 5.78 Å². The highest BCUT2D eigenvalue weighted by Crippen LogP contribution is 2.33. The van der Waals surface area contributed by atoms with E-state index >= 15 is 0 Å². The molecule has 0 atom stereocenters. The third-order valence-electron chi connectivity index (χ3n) is 3.26. The first-order chi connectivity index (χ1) is 9.60. The first-order valence-corrected chi connectivity index (χ1v) is 7.62. The van der Waals surface area contributed by atoms with Crippen LogP contribution in [0.4, 0.5) is 5.82 Å². The van der Waals surface area contributed by atoms with Crippen LogP contribution in [0.15, 0.2) is 6.33 Å². The number of hydrogen-bond donors (Lipinski definition) is 0. The molecule has 20 heavy (non-hydrogen) atoms. The summed E-state index contributed by atoms with van der Waals surface area (Å²) >= 11 is 6.39. The van der Waals surface area contributed by atoms with Crippen LogP contribution in [0.5, 0.6) is 0 Å². The van der Waals surface area contributed by atoms with Crippen molar-refractivity contribution in [1.82, 2.24) is 19.6 Å². The van der Waals surface area contributed by atoms with Crippen LogP contribution in [-0.4, -0.2) is 32.7 Å². The molecule has 0 aromatic carbocycles. The zero-order chi connectivity index (χ0) is 14.7. The van der Waals surface area contributed by atoms with Gasteiger partial charge >= 0.3 is 0 Å². The molecule has 2 aromatic rings. The molecule has 0 N–H and O–H groups in total. The molecule has 0 saturated carbocycles. The summed E-state index contributed by atoms with van der Waals surface area (Å²) in [6, 6.07) is 0. The van der Waals surface area contributed by atoms with Gasteiger partial charge in [-0.25, -0.2) is 0 Å². The van der Waals surface area contributed by atoms with Gasteiger partial charge in [-0.2, -0.15) is 19.6 Å². The summed E-state index contributed by atoms with van der Waals surface area (Å²) < 4.78 is 1.81. The second kappa shape index (κ2) is 6.39. The third kappa shape index (κ3) is 2.73. The molecule has 0 spiro atoms. The van der Waals surface area contributed by atoms with Gasteiger partial charge in [0, 0.05) is 18.7 Å². The molecule has 2 aromatic heterocycles. The summed E-state index contributed by atoms with van der Waals surface area (Å²) in [7, 11) is 0.